The van der Waals surface area contributed by atoms with E-state index in [1.807, 2.05) is 30.0 Å². The van der Waals surface area contributed by atoms with Crippen LogP contribution in [0.1, 0.15) is 36.2 Å². The van der Waals surface area contributed by atoms with Crippen LogP contribution in [0.4, 0.5) is 0 Å². The maximum Gasteiger partial charge on any atom is 0.254 e. The Morgan fingerprint density at radius 2 is 2.06 bits per heavy atom. The number of alkyl halides is 1. The highest BCUT2D eigenvalue weighted by molar-refractivity contribution is 9.10. The van der Waals surface area contributed by atoms with E-state index < -0.39 is 0 Å². The van der Waals surface area contributed by atoms with Crippen molar-refractivity contribution in [3.8, 4) is 0 Å². The summed E-state index contributed by atoms with van der Waals surface area (Å²) in [6.07, 6.45) is 0.969. The Balaban J connectivity index is 2.91. The predicted molar refractivity (Wildman–Crippen MR) is 83.5 cm³/mol. The SMILES string of the molecule is Cc1ccc(C(=O)N(CCCBr)C(C)C)cc1Br. The first-order valence-corrected chi connectivity index (χ1v) is 8.02. The van der Waals surface area contributed by atoms with Gasteiger partial charge in [0.2, 0.25) is 0 Å². The van der Waals surface area contributed by atoms with Crippen molar-refractivity contribution in [1.82, 2.24) is 4.90 Å². The maximum absolute atomic E-state index is 12.4. The highest BCUT2D eigenvalue weighted by Crippen LogP contribution is 2.19. The van der Waals surface area contributed by atoms with Gasteiger partial charge in [0, 0.05) is 28.0 Å². The van der Waals surface area contributed by atoms with Gasteiger partial charge >= 0.3 is 0 Å². The van der Waals surface area contributed by atoms with Gasteiger partial charge in [-0.05, 0) is 44.9 Å². The Kier molecular flexibility index (Phi) is 6.36. The third-order valence-corrected chi connectivity index (χ3v) is 4.25. The number of hydrogen-bond acceptors (Lipinski definition) is 1. The molecule has 0 fully saturated rings. The molecule has 100 valence electrons. The average Bonchev–Trinajstić information content (AvgIpc) is 2.32. The van der Waals surface area contributed by atoms with Gasteiger partial charge in [-0.3, -0.25) is 4.79 Å². The maximum atomic E-state index is 12.4. The summed E-state index contributed by atoms with van der Waals surface area (Å²) in [6.45, 7) is 6.90. The summed E-state index contributed by atoms with van der Waals surface area (Å²) in [6, 6.07) is 5.99. The summed E-state index contributed by atoms with van der Waals surface area (Å²) >= 11 is 6.88. The summed E-state index contributed by atoms with van der Waals surface area (Å²) in [5.74, 6) is 0.103. The first-order chi connectivity index (χ1) is 8.47. The largest absolute Gasteiger partial charge is 0.336 e. The van der Waals surface area contributed by atoms with Crippen LogP contribution in [-0.4, -0.2) is 28.7 Å². The van der Waals surface area contributed by atoms with Crippen LogP contribution < -0.4 is 0 Å². The summed E-state index contributed by atoms with van der Waals surface area (Å²) in [5.41, 5.74) is 1.89. The second kappa shape index (κ2) is 7.29. The van der Waals surface area contributed by atoms with Gasteiger partial charge in [-0.15, -0.1) is 0 Å². The van der Waals surface area contributed by atoms with E-state index in [0.717, 1.165) is 33.9 Å². The van der Waals surface area contributed by atoms with Crippen LogP contribution in [-0.2, 0) is 0 Å². The fraction of sp³-hybridized carbons (Fsp3) is 0.500. The minimum absolute atomic E-state index is 0.103. The lowest BCUT2D eigenvalue weighted by Crippen LogP contribution is -2.37. The number of rotatable bonds is 5. The Hall–Kier alpha value is -0.350. The van der Waals surface area contributed by atoms with Crippen LogP contribution in [0.5, 0.6) is 0 Å². The van der Waals surface area contributed by atoms with Gasteiger partial charge in [0.1, 0.15) is 0 Å². The van der Waals surface area contributed by atoms with Gasteiger partial charge in [-0.2, -0.15) is 0 Å². The second-order valence-electron chi connectivity index (χ2n) is 4.60. The molecule has 0 unspecified atom stereocenters. The number of aryl methyl sites for hydroxylation is 1. The molecule has 0 spiro atoms. The number of benzene rings is 1. The van der Waals surface area contributed by atoms with E-state index in [9.17, 15) is 4.79 Å². The second-order valence-corrected chi connectivity index (χ2v) is 6.25. The molecule has 1 aromatic rings. The van der Waals surface area contributed by atoms with E-state index in [0.29, 0.717) is 0 Å². The van der Waals surface area contributed by atoms with Crippen molar-refractivity contribution in [3.05, 3.63) is 33.8 Å². The standard InChI is InChI=1S/C14H19Br2NO/c1-10(2)17(8-4-7-15)14(18)12-6-5-11(3)13(16)9-12/h5-6,9-10H,4,7-8H2,1-3H3. The summed E-state index contributed by atoms with van der Waals surface area (Å²) in [5, 5.41) is 0.918. The molecule has 0 heterocycles. The fourth-order valence-electron chi connectivity index (χ4n) is 1.72. The molecule has 18 heavy (non-hydrogen) atoms. The van der Waals surface area contributed by atoms with Crippen LogP contribution in [0.25, 0.3) is 0 Å². The molecule has 1 amide bonds. The summed E-state index contributed by atoms with van der Waals surface area (Å²) in [4.78, 5) is 14.4. The summed E-state index contributed by atoms with van der Waals surface area (Å²) < 4.78 is 0.984. The minimum atomic E-state index is 0.103. The Bertz CT molecular complexity index is 418. The number of halogens is 2. The lowest BCUT2D eigenvalue weighted by molar-refractivity contribution is 0.0706. The average molecular weight is 377 g/mol. The molecule has 2 nitrogen and oxygen atoms in total. The first-order valence-electron chi connectivity index (χ1n) is 6.10. The van der Waals surface area contributed by atoms with E-state index >= 15 is 0 Å². The quantitative estimate of drug-likeness (QED) is 0.697. The van der Waals surface area contributed by atoms with Crippen molar-refractivity contribution in [1.29, 1.82) is 0 Å². The third-order valence-electron chi connectivity index (χ3n) is 2.84. The Morgan fingerprint density at radius 3 is 2.56 bits per heavy atom. The highest BCUT2D eigenvalue weighted by atomic mass is 79.9. The summed E-state index contributed by atoms with van der Waals surface area (Å²) in [7, 11) is 0. The van der Waals surface area contributed by atoms with E-state index in [4.69, 9.17) is 0 Å². The van der Waals surface area contributed by atoms with Crippen LogP contribution in [0, 0.1) is 6.92 Å². The molecule has 4 heteroatoms. The smallest absolute Gasteiger partial charge is 0.254 e. The van der Waals surface area contributed by atoms with Crippen LogP contribution in [0.15, 0.2) is 22.7 Å². The number of carbonyl (C=O) groups excluding carboxylic acids is 1. The van der Waals surface area contributed by atoms with E-state index in [-0.39, 0.29) is 11.9 Å². The minimum Gasteiger partial charge on any atom is -0.336 e. The Labute approximate surface area is 126 Å². The van der Waals surface area contributed by atoms with Crippen molar-refractivity contribution in [2.75, 3.05) is 11.9 Å². The predicted octanol–water partition coefficient (Wildman–Crippen LogP) is 4.39. The molecule has 0 N–H and O–H groups in total. The van der Waals surface area contributed by atoms with Crippen molar-refractivity contribution >= 4 is 37.8 Å². The highest BCUT2D eigenvalue weighted by Gasteiger charge is 2.18. The molecule has 1 rings (SSSR count). The number of nitrogens with zero attached hydrogens (tertiary/aromatic N) is 1. The molecule has 1 aromatic carbocycles. The number of carbonyl (C=O) groups is 1. The normalized spacial score (nSPS) is 10.8. The fourth-order valence-corrected chi connectivity index (χ4v) is 2.35. The van der Waals surface area contributed by atoms with Crippen LogP contribution in [0.2, 0.25) is 0 Å². The molecule has 0 aliphatic carbocycles. The van der Waals surface area contributed by atoms with Gasteiger partial charge in [0.05, 0.1) is 0 Å². The molecule has 0 bridgehead atoms. The number of hydrogen-bond donors (Lipinski definition) is 0. The molecule has 0 radical (unpaired) electrons. The van der Waals surface area contributed by atoms with E-state index in [1.54, 1.807) is 0 Å². The monoisotopic (exact) mass is 375 g/mol. The molecule has 0 saturated heterocycles. The molecule has 0 atom stereocenters. The van der Waals surface area contributed by atoms with Gasteiger partial charge < -0.3 is 4.90 Å². The van der Waals surface area contributed by atoms with E-state index in [1.165, 1.54) is 0 Å². The molecule has 0 aliphatic heterocycles. The van der Waals surface area contributed by atoms with E-state index in [2.05, 4.69) is 45.7 Å². The van der Waals surface area contributed by atoms with Crippen molar-refractivity contribution in [2.45, 2.75) is 33.2 Å². The first kappa shape index (κ1) is 15.7. The molecule has 0 aliphatic rings. The lowest BCUT2D eigenvalue weighted by Gasteiger charge is -2.26. The van der Waals surface area contributed by atoms with Gasteiger partial charge in [0.15, 0.2) is 0 Å². The zero-order valence-corrected chi connectivity index (χ0v) is 14.2. The third kappa shape index (κ3) is 4.09. The molecule has 0 saturated carbocycles. The van der Waals surface area contributed by atoms with Crippen molar-refractivity contribution in [2.24, 2.45) is 0 Å². The zero-order valence-electron chi connectivity index (χ0n) is 11.0. The molecule has 0 aromatic heterocycles. The number of amides is 1. The zero-order chi connectivity index (χ0) is 13.7. The topological polar surface area (TPSA) is 20.3 Å². The van der Waals surface area contributed by atoms with Gasteiger partial charge in [0.25, 0.3) is 5.91 Å². The molecular weight excluding hydrogens is 358 g/mol. The Morgan fingerprint density at radius 1 is 1.39 bits per heavy atom. The van der Waals surface area contributed by atoms with Gasteiger partial charge in [-0.25, -0.2) is 0 Å². The lowest BCUT2D eigenvalue weighted by atomic mass is 10.1. The molecular formula is C14H19Br2NO. The van der Waals surface area contributed by atoms with Crippen molar-refractivity contribution < 1.29 is 4.79 Å². The van der Waals surface area contributed by atoms with Crippen LogP contribution >= 0.6 is 31.9 Å². The van der Waals surface area contributed by atoms with Crippen LogP contribution in [0.3, 0.4) is 0 Å². The van der Waals surface area contributed by atoms with Gasteiger partial charge in [-0.1, -0.05) is 37.9 Å². The van der Waals surface area contributed by atoms with Crippen molar-refractivity contribution in [3.63, 3.8) is 0 Å².